The second-order valence-corrected chi connectivity index (χ2v) is 10.1. The summed E-state index contributed by atoms with van der Waals surface area (Å²) < 4.78 is 31.8. The smallest absolute Gasteiger partial charge is 0.264 e. The number of allylic oxidation sites excluding steroid dienone is 1. The monoisotopic (exact) mass is 441 g/mol. The second-order valence-electron chi connectivity index (χ2n) is 7.17. The van der Waals surface area contributed by atoms with Crippen LogP contribution in [0.25, 0.3) is 11.3 Å². The third-order valence-corrected chi connectivity index (χ3v) is 7.96. The Morgan fingerprint density at radius 3 is 2.73 bits per heavy atom. The van der Waals surface area contributed by atoms with E-state index in [0.717, 1.165) is 36.8 Å². The van der Waals surface area contributed by atoms with Gasteiger partial charge in [0.1, 0.15) is 16.5 Å². The van der Waals surface area contributed by atoms with E-state index in [1.165, 1.54) is 12.1 Å². The van der Waals surface area contributed by atoms with Crippen LogP contribution >= 0.6 is 11.8 Å². The molecule has 0 bridgehead atoms. The summed E-state index contributed by atoms with van der Waals surface area (Å²) in [5.41, 5.74) is 1.47. The lowest BCUT2D eigenvalue weighted by atomic mass is 10.00. The van der Waals surface area contributed by atoms with E-state index < -0.39 is 15.9 Å². The molecule has 1 fully saturated rings. The number of sulfonamides is 1. The highest BCUT2D eigenvalue weighted by Gasteiger charge is 2.39. The van der Waals surface area contributed by atoms with E-state index in [4.69, 9.17) is 4.42 Å². The van der Waals surface area contributed by atoms with Crippen molar-refractivity contribution in [3.05, 3.63) is 52.8 Å². The highest BCUT2D eigenvalue weighted by atomic mass is 32.2. The minimum Gasteiger partial charge on any atom is -0.455 e. The van der Waals surface area contributed by atoms with E-state index in [1.54, 1.807) is 42.2 Å². The molecule has 2 heterocycles. The summed E-state index contributed by atoms with van der Waals surface area (Å²) in [5, 5.41) is 10.7. The first-order valence-electron chi connectivity index (χ1n) is 9.46. The third-order valence-electron chi connectivity index (χ3n) is 5.10. The Morgan fingerprint density at radius 2 is 2.03 bits per heavy atom. The van der Waals surface area contributed by atoms with Crippen molar-refractivity contribution in [2.75, 3.05) is 0 Å². The average Bonchev–Trinajstić information content (AvgIpc) is 3.41. The van der Waals surface area contributed by atoms with Crippen molar-refractivity contribution in [3.63, 3.8) is 0 Å². The van der Waals surface area contributed by atoms with Crippen molar-refractivity contribution in [2.24, 2.45) is 10.9 Å². The van der Waals surface area contributed by atoms with Gasteiger partial charge in [0, 0.05) is 23.7 Å². The zero-order valence-corrected chi connectivity index (χ0v) is 17.8. The standard InChI is InChI=1S/C21H19N3O4S2/c1-13(25)24-30(26,27)16-8-5-14(6-9-16)19-10-7-15(28-19)12-23-21-18(11-22)17-3-2-4-20(17)29-21/h5-10,12,17,20H,2-4H2,1H3,(H,24,25)/b23-12+. The molecule has 1 aliphatic heterocycles. The predicted molar refractivity (Wildman–Crippen MR) is 114 cm³/mol. The Kier molecular flexibility index (Phi) is 5.54. The molecule has 154 valence electrons. The quantitative estimate of drug-likeness (QED) is 0.706. The van der Waals surface area contributed by atoms with E-state index in [0.29, 0.717) is 28.3 Å². The fraction of sp³-hybridized carbons (Fsp3) is 0.286. The number of fused-ring (bicyclic) bond motifs is 1. The molecule has 9 heteroatoms. The Labute approximate surface area is 178 Å². The lowest BCUT2D eigenvalue weighted by Gasteiger charge is -2.05. The molecule has 2 aliphatic rings. The van der Waals surface area contributed by atoms with Crippen molar-refractivity contribution in [3.8, 4) is 17.4 Å². The van der Waals surface area contributed by atoms with Gasteiger partial charge in [0.05, 0.1) is 22.8 Å². The first kappa shape index (κ1) is 20.4. The summed E-state index contributed by atoms with van der Waals surface area (Å²) in [6.45, 7) is 1.14. The Balaban J connectivity index is 1.50. The number of nitrogens with zero attached hydrogens (tertiary/aromatic N) is 2. The highest BCUT2D eigenvalue weighted by molar-refractivity contribution is 8.04. The van der Waals surface area contributed by atoms with Crippen LogP contribution in [0, 0.1) is 17.2 Å². The van der Waals surface area contributed by atoms with Crippen molar-refractivity contribution >= 4 is 33.9 Å². The van der Waals surface area contributed by atoms with Crippen LogP contribution in [-0.4, -0.2) is 25.8 Å². The summed E-state index contributed by atoms with van der Waals surface area (Å²) in [5.74, 6) is 0.784. The van der Waals surface area contributed by atoms with Crippen molar-refractivity contribution < 1.29 is 17.6 Å². The maximum absolute atomic E-state index is 12.0. The number of nitriles is 1. The SMILES string of the molecule is CC(=O)NS(=O)(=O)c1ccc(-c2ccc(/C=N/C3=C(C#N)C4CCCC4S3)o2)cc1. The van der Waals surface area contributed by atoms with Gasteiger partial charge in [0.2, 0.25) is 5.91 Å². The van der Waals surface area contributed by atoms with E-state index in [2.05, 4.69) is 11.1 Å². The van der Waals surface area contributed by atoms with Crippen LogP contribution in [0.3, 0.4) is 0 Å². The Morgan fingerprint density at radius 1 is 1.27 bits per heavy atom. The number of carbonyl (C=O) groups excluding carboxylic acids is 1. The number of hydrogen-bond donors (Lipinski definition) is 1. The van der Waals surface area contributed by atoms with Gasteiger partial charge in [-0.1, -0.05) is 6.42 Å². The number of nitrogens with one attached hydrogen (secondary N) is 1. The van der Waals surface area contributed by atoms with Gasteiger partial charge >= 0.3 is 0 Å². The summed E-state index contributed by atoms with van der Waals surface area (Å²) in [6, 6.07) is 11.9. The number of amides is 1. The lowest BCUT2D eigenvalue weighted by Crippen LogP contribution is -2.28. The Bertz CT molecular complexity index is 1190. The number of rotatable bonds is 5. The number of carbonyl (C=O) groups is 1. The predicted octanol–water partition coefficient (Wildman–Crippen LogP) is 3.84. The van der Waals surface area contributed by atoms with Crippen LogP contribution < -0.4 is 4.72 Å². The van der Waals surface area contributed by atoms with E-state index >= 15 is 0 Å². The van der Waals surface area contributed by atoms with Crippen molar-refractivity contribution in [1.29, 1.82) is 5.26 Å². The number of hydrogen-bond acceptors (Lipinski definition) is 7. The van der Waals surface area contributed by atoms with Gasteiger partial charge in [-0.25, -0.2) is 18.1 Å². The summed E-state index contributed by atoms with van der Waals surface area (Å²) in [6.07, 6.45) is 4.95. The molecule has 30 heavy (non-hydrogen) atoms. The molecule has 7 nitrogen and oxygen atoms in total. The van der Waals surface area contributed by atoms with Crippen molar-refractivity contribution in [1.82, 2.24) is 4.72 Å². The molecule has 1 aromatic heterocycles. The average molecular weight is 442 g/mol. The molecule has 0 saturated heterocycles. The van der Waals surface area contributed by atoms with Gasteiger partial charge in [-0.3, -0.25) is 4.79 Å². The van der Waals surface area contributed by atoms with Crippen LogP contribution in [0.4, 0.5) is 0 Å². The van der Waals surface area contributed by atoms with Crippen LogP contribution in [0.5, 0.6) is 0 Å². The molecule has 1 amide bonds. The summed E-state index contributed by atoms with van der Waals surface area (Å²) >= 11 is 1.68. The van der Waals surface area contributed by atoms with Crippen LogP contribution in [0.15, 0.2) is 61.3 Å². The van der Waals surface area contributed by atoms with Gasteiger partial charge < -0.3 is 4.42 Å². The normalized spacial score (nSPS) is 21.1. The topological polar surface area (TPSA) is 113 Å². The molecular formula is C21H19N3O4S2. The van der Waals surface area contributed by atoms with E-state index in [9.17, 15) is 18.5 Å². The highest BCUT2D eigenvalue weighted by Crippen LogP contribution is 2.50. The Hall–Kier alpha value is -2.83. The molecule has 4 rings (SSSR count). The largest absolute Gasteiger partial charge is 0.455 e. The molecule has 2 unspecified atom stereocenters. The molecule has 1 N–H and O–H groups in total. The zero-order valence-electron chi connectivity index (χ0n) is 16.2. The fourth-order valence-electron chi connectivity index (χ4n) is 3.74. The molecule has 1 saturated carbocycles. The molecule has 1 aromatic carbocycles. The van der Waals surface area contributed by atoms with Gasteiger partial charge in [0.25, 0.3) is 10.0 Å². The second kappa shape index (κ2) is 8.13. The van der Waals surface area contributed by atoms with Crippen LogP contribution in [-0.2, 0) is 14.8 Å². The number of benzene rings is 1. The molecule has 1 aliphatic carbocycles. The first-order valence-corrected chi connectivity index (χ1v) is 11.8. The number of aliphatic imine (C=N–C) groups is 1. The molecule has 0 radical (unpaired) electrons. The number of furan rings is 1. The minimum atomic E-state index is -3.87. The van der Waals surface area contributed by atoms with Gasteiger partial charge in [-0.2, -0.15) is 5.26 Å². The molecule has 2 atom stereocenters. The van der Waals surface area contributed by atoms with Gasteiger partial charge in [-0.15, -0.1) is 11.8 Å². The zero-order chi connectivity index (χ0) is 21.3. The van der Waals surface area contributed by atoms with Gasteiger partial charge in [-0.05, 0) is 49.2 Å². The van der Waals surface area contributed by atoms with Crippen molar-refractivity contribution in [2.45, 2.75) is 36.3 Å². The first-order chi connectivity index (χ1) is 14.4. The van der Waals surface area contributed by atoms with E-state index in [1.807, 2.05) is 4.72 Å². The van der Waals surface area contributed by atoms with Crippen LogP contribution in [0.2, 0.25) is 0 Å². The lowest BCUT2D eigenvalue weighted by molar-refractivity contribution is -0.117. The third kappa shape index (κ3) is 4.06. The molecule has 0 spiro atoms. The summed E-state index contributed by atoms with van der Waals surface area (Å²) in [7, 11) is -3.87. The maximum atomic E-state index is 12.0. The van der Waals surface area contributed by atoms with E-state index in [-0.39, 0.29) is 4.90 Å². The summed E-state index contributed by atoms with van der Waals surface area (Å²) in [4.78, 5) is 15.5. The molecule has 2 aromatic rings. The fourth-order valence-corrected chi connectivity index (χ4v) is 6.18. The number of thioether (sulfide) groups is 1. The van der Waals surface area contributed by atoms with Gasteiger partial charge in [0.15, 0.2) is 0 Å². The molecular weight excluding hydrogens is 422 g/mol. The minimum absolute atomic E-state index is 0.00503. The van der Waals surface area contributed by atoms with Crippen LogP contribution in [0.1, 0.15) is 31.9 Å². The maximum Gasteiger partial charge on any atom is 0.264 e.